The second kappa shape index (κ2) is 6.79. The minimum absolute atomic E-state index is 0.0118. The van der Waals surface area contributed by atoms with Crippen LogP contribution in [0.15, 0.2) is 22.7 Å². The fraction of sp³-hybridized carbons (Fsp3) is 0.333. The Hall–Kier alpha value is -2.08. The number of aromatic nitrogens is 1. The van der Waals surface area contributed by atoms with E-state index in [9.17, 15) is 9.18 Å². The fourth-order valence-electron chi connectivity index (χ4n) is 2.12. The summed E-state index contributed by atoms with van der Waals surface area (Å²) in [7, 11) is 0. The second-order valence-corrected chi connectivity index (χ2v) is 5.54. The van der Waals surface area contributed by atoms with E-state index in [2.05, 4.69) is 15.8 Å². The van der Waals surface area contributed by atoms with E-state index in [0.29, 0.717) is 12.1 Å². The highest BCUT2D eigenvalue weighted by Gasteiger charge is 2.15. The Morgan fingerprint density at radius 3 is 2.77 bits per heavy atom. The van der Waals surface area contributed by atoms with Crippen molar-refractivity contribution in [2.45, 2.75) is 33.2 Å². The van der Waals surface area contributed by atoms with E-state index in [-0.39, 0.29) is 11.1 Å². The largest absolute Gasteiger partial charge is 0.361 e. The first-order chi connectivity index (χ1) is 10.4. The van der Waals surface area contributed by atoms with E-state index in [1.807, 2.05) is 20.8 Å². The number of benzene rings is 1. The summed E-state index contributed by atoms with van der Waals surface area (Å²) in [5.41, 5.74) is 2.13. The molecule has 0 fully saturated rings. The van der Waals surface area contributed by atoms with Gasteiger partial charge in [0.2, 0.25) is 0 Å². The number of urea groups is 1. The van der Waals surface area contributed by atoms with Crippen molar-refractivity contribution in [3.8, 4) is 0 Å². The van der Waals surface area contributed by atoms with Gasteiger partial charge < -0.3 is 15.2 Å². The molecule has 1 heterocycles. The minimum atomic E-state index is -0.580. The Labute approximate surface area is 132 Å². The third kappa shape index (κ3) is 3.98. The molecule has 0 unspecified atom stereocenters. The van der Waals surface area contributed by atoms with Crippen molar-refractivity contribution in [1.82, 2.24) is 10.5 Å². The third-order valence-electron chi connectivity index (χ3n) is 3.25. The number of hydrogen-bond donors (Lipinski definition) is 2. The Balaban J connectivity index is 1.92. The number of nitrogens with one attached hydrogen (secondary N) is 2. The maximum atomic E-state index is 13.3. The van der Waals surface area contributed by atoms with Crippen LogP contribution in [0.1, 0.15) is 23.9 Å². The Morgan fingerprint density at radius 2 is 2.18 bits per heavy atom. The van der Waals surface area contributed by atoms with Gasteiger partial charge in [0.05, 0.1) is 10.7 Å². The molecule has 1 aromatic carbocycles. The van der Waals surface area contributed by atoms with Gasteiger partial charge >= 0.3 is 6.03 Å². The average Bonchev–Trinajstić information content (AvgIpc) is 2.74. The second-order valence-electron chi connectivity index (χ2n) is 5.14. The van der Waals surface area contributed by atoms with Gasteiger partial charge in [-0.25, -0.2) is 9.18 Å². The zero-order valence-electron chi connectivity index (χ0n) is 12.5. The van der Waals surface area contributed by atoms with Crippen molar-refractivity contribution in [1.29, 1.82) is 0 Å². The molecule has 0 radical (unpaired) electrons. The maximum Gasteiger partial charge on any atom is 0.319 e. The zero-order chi connectivity index (χ0) is 16.3. The number of amides is 2. The molecule has 0 saturated carbocycles. The summed E-state index contributed by atoms with van der Waals surface area (Å²) in [6.07, 6.45) is 0.601. The topological polar surface area (TPSA) is 67.2 Å². The van der Waals surface area contributed by atoms with Crippen LogP contribution in [0.2, 0.25) is 5.02 Å². The number of nitrogens with zero attached hydrogens (tertiary/aromatic N) is 1. The van der Waals surface area contributed by atoms with Crippen LogP contribution >= 0.6 is 11.6 Å². The number of carbonyl (C=O) groups excluding carboxylic acids is 1. The molecule has 22 heavy (non-hydrogen) atoms. The van der Waals surface area contributed by atoms with Gasteiger partial charge in [-0.1, -0.05) is 16.8 Å². The molecule has 5 nitrogen and oxygen atoms in total. The van der Waals surface area contributed by atoms with Crippen molar-refractivity contribution in [3.63, 3.8) is 0 Å². The first-order valence-electron chi connectivity index (χ1n) is 6.81. The van der Waals surface area contributed by atoms with Gasteiger partial charge in [-0.3, -0.25) is 0 Å². The molecule has 2 amide bonds. The molecule has 2 N–H and O–H groups in total. The molecule has 1 aromatic heterocycles. The first-order valence-corrected chi connectivity index (χ1v) is 7.19. The SMILES string of the molecule is Cc1noc(C)c1C[C@H](C)NC(=O)Nc1ccc(Cl)c(F)c1. The highest BCUT2D eigenvalue weighted by molar-refractivity contribution is 6.30. The van der Waals surface area contributed by atoms with E-state index in [0.717, 1.165) is 17.0 Å². The van der Waals surface area contributed by atoms with Crippen LogP contribution in [-0.2, 0) is 6.42 Å². The maximum absolute atomic E-state index is 13.3. The lowest BCUT2D eigenvalue weighted by Gasteiger charge is -2.14. The molecule has 1 atom stereocenters. The number of anilines is 1. The van der Waals surface area contributed by atoms with Gasteiger partial charge in [0, 0.05) is 17.3 Å². The van der Waals surface area contributed by atoms with Gasteiger partial charge in [0.25, 0.3) is 0 Å². The van der Waals surface area contributed by atoms with Crippen molar-refractivity contribution < 1.29 is 13.7 Å². The van der Waals surface area contributed by atoms with E-state index < -0.39 is 11.8 Å². The highest BCUT2D eigenvalue weighted by atomic mass is 35.5. The lowest BCUT2D eigenvalue weighted by Crippen LogP contribution is -2.37. The predicted molar refractivity (Wildman–Crippen MR) is 82.7 cm³/mol. The van der Waals surface area contributed by atoms with Crippen LogP contribution in [0.4, 0.5) is 14.9 Å². The minimum Gasteiger partial charge on any atom is -0.361 e. The van der Waals surface area contributed by atoms with Crippen LogP contribution in [-0.4, -0.2) is 17.2 Å². The van der Waals surface area contributed by atoms with Gasteiger partial charge in [-0.05, 0) is 45.4 Å². The molecular weight excluding hydrogens is 309 g/mol. The molecule has 0 aliphatic carbocycles. The molecule has 2 rings (SSSR count). The standard InChI is InChI=1S/C15H17ClFN3O2/c1-8(6-12-9(2)20-22-10(12)3)18-15(21)19-11-4-5-13(16)14(17)7-11/h4-5,7-8H,6H2,1-3H3,(H2,18,19,21)/t8-/m0/s1. The van der Waals surface area contributed by atoms with Crippen LogP contribution in [0.25, 0.3) is 0 Å². The van der Waals surface area contributed by atoms with Crippen LogP contribution in [0, 0.1) is 19.7 Å². The summed E-state index contributed by atoms with van der Waals surface area (Å²) < 4.78 is 18.4. The fourth-order valence-corrected chi connectivity index (χ4v) is 2.23. The van der Waals surface area contributed by atoms with E-state index in [4.69, 9.17) is 16.1 Å². The lowest BCUT2D eigenvalue weighted by atomic mass is 10.1. The smallest absolute Gasteiger partial charge is 0.319 e. The van der Waals surface area contributed by atoms with Crippen molar-refractivity contribution >= 4 is 23.3 Å². The Morgan fingerprint density at radius 1 is 1.45 bits per heavy atom. The number of carbonyl (C=O) groups is 1. The summed E-state index contributed by atoms with van der Waals surface area (Å²) in [6.45, 7) is 5.56. The van der Waals surface area contributed by atoms with Gasteiger partial charge in [-0.15, -0.1) is 0 Å². The van der Waals surface area contributed by atoms with Crippen molar-refractivity contribution in [3.05, 3.63) is 46.1 Å². The monoisotopic (exact) mass is 325 g/mol. The molecule has 118 valence electrons. The van der Waals surface area contributed by atoms with Crippen molar-refractivity contribution in [2.24, 2.45) is 0 Å². The summed E-state index contributed by atoms with van der Waals surface area (Å²) in [5, 5.41) is 9.23. The highest BCUT2D eigenvalue weighted by Crippen LogP contribution is 2.19. The van der Waals surface area contributed by atoms with Crippen molar-refractivity contribution in [2.75, 3.05) is 5.32 Å². The predicted octanol–water partition coefficient (Wildman–Crippen LogP) is 3.84. The zero-order valence-corrected chi connectivity index (χ0v) is 13.3. The summed E-state index contributed by atoms with van der Waals surface area (Å²) >= 11 is 5.59. The Bertz CT molecular complexity index is 668. The molecular formula is C15H17ClFN3O2. The number of hydrogen-bond acceptors (Lipinski definition) is 3. The van der Waals surface area contributed by atoms with Crippen LogP contribution in [0.3, 0.4) is 0 Å². The first kappa shape index (κ1) is 16.3. The molecule has 7 heteroatoms. The lowest BCUT2D eigenvalue weighted by molar-refractivity contribution is 0.249. The Kier molecular flexibility index (Phi) is 5.03. The van der Waals surface area contributed by atoms with E-state index >= 15 is 0 Å². The average molecular weight is 326 g/mol. The van der Waals surface area contributed by atoms with Gasteiger partial charge in [-0.2, -0.15) is 0 Å². The summed E-state index contributed by atoms with van der Waals surface area (Å²) in [6, 6.07) is 3.54. The third-order valence-corrected chi connectivity index (χ3v) is 3.55. The van der Waals surface area contributed by atoms with Gasteiger partial charge in [0.1, 0.15) is 11.6 Å². The molecule has 0 aliphatic rings. The quantitative estimate of drug-likeness (QED) is 0.897. The molecule has 0 saturated heterocycles. The molecule has 2 aromatic rings. The number of rotatable bonds is 4. The van der Waals surface area contributed by atoms with E-state index in [1.165, 1.54) is 18.2 Å². The van der Waals surface area contributed by atoms with Gasteiger partial charge in [0.15, 0.2) is 0 Å². The summed E-state index contributed by atoms with van der Waals surface area (Å²) in [4.78, 5) is 11.9. The number of aryl methyl sites for hydroxylation is 2. The molecule has 0 aliphatic heterocycles. The number of halogens is 2. The van der Waals surface area contributed by atoms with Crippen LogP contribution in [0.5, 0.6) is 0 Å². The molecule has 0 spiro atoms. The van der Waals surface area contributed by atoms with Crippen LogP contribution < -0.4 is 10.6 Å². The molecule has 0 bridgehead atoms. The normalized spacial score (nSPS) is 12.0. The van der Waals surface area contributed by atoms with E-state index in [1.54, 1.807) is 0 Å². The summed E-state index contributed by atoms with van der Waals surface area (Å²) in [5.74, 6) is 0.162.